The van der Waals surface area contributed by atoms with E-state index in [0.717, 1.165) is 31.6 Å². The molecule has 1 atom stereocenters. The molecule has 0 aliphatic carbocycles. The Hall–Kier alpha value is -1.59. The van der Waals surface area contributed by atoms with Gasteiger partial charge in [0.15, 0.2) is 0 Å². The first-order valence-corrected chi connectivity index (χ1v) is 7.26. The number of nitrogens with one attached hydrogen (secondary N) is 2. The fraction of sp³-hybridized carbons (Fsp3) is 0.467. The molecular weight excluding hydrogens is 288 g/mol. The Bertz CT molecular complexity index is 592. The molecule has 21 heavy (non-hydrogen) atoms. The topological polar surface area (TPSA) is 58.4 Å². The summed E-state index contributed by atoms with van der Waals surface area (Å²) in [6.45, 7) is 2.94. The van der Waals surface area contributed by atoms with Crippen LogP contribution in [0.5, 0.6) is 0 Å². The Kier molecular flexibility index (Phi) is 5.59. The number of piperidine rings is 1. The normalized spacial score (nSPS) is 18.2. The number of amides is 1. The lowest BCUT2D eigenvalue weighted by Gasteiger charge is -2.22. The van der Waals surface area contributed by atoms with Crippen molar-refractivity contribution in [2.45, 2.75) is 19.3 Å². The van der Waals surface area contributed by atoms with Gasteiger partial charge in [-0.15, -0.1) is 12.4 Å². The molecule has 0 radical (unpaired) electrons. The lowest BCUT2D eigenvalue weighted by Crippen LogP contribution is -2.33. The molecule has 0 bridgehead atoms. The molecule has 2 N–H and O–H groups in total. The number of halogens is 1. The molecule has 0 spiro atoms. The largest absolute Gasteiger partial charge is 0.352 e. The van der Waals surface area contributed by atoms with Crippen molar-refractivity contribution in [1.82, 2.24) is 20.2 Å². The van der Waals surface area contributed by atoms with Crippen LogP contribution >= 0.6 is 12.4 Å². The first kappa shape index (κ1) is 15.8. The Balaban J connectivity index is 0.00000161. The molecule has 3 heterocycles. The number of aromatic nitrogens is 2. The van der Waals surface area contributed by atoms with E-state index in [9.17, 15) is 4.79 Å². The monoisotopic (exact) mass is 308 g/mol. The third-order valence-corrected chi connectivity index (χ3v) is 3.91. The van der Waals surface area contributed by atoms with E-state index in [2.05, 4.69) is 15.7 Å². The van der Waals surface area contributed by atoms with E-state index >= 15 is 0 Å². The van der Waals surface area contributed by atoms with E-state index in [0.29, 0.717) is 11.5 Å². The number of hydrogen-bond acceptors (Lipinski definition) is 3. The van der Waals surface area contributed by atoms with Gasteiger partial charge < -0.3 is 10.6 Å². The van der Waals surface area contributed by atoms with Crippen LogP contribution in [0.1, 0.15) is 29.6 Å². The summed E-state index contributed by atoms with van der Waals surface area (Å²) in [4.78, 5) is 12.2. The summed E-state index contributed by atoms with van der Waals surface area (Å²) in [5.41, 5.74) is 1.50. The number of carbonyl (C=O) groups excluding carboxylic acids is 1. The number of pyridine rings is 1. The van der Waals surface area contributed by atoms with Gasteiger partial charge in [-0.1, -0.05) is 6.07 Å². The van der Waals surface area contributed by atoms with Gasteiger partial charge in [-0.2, -0.15) is 5.10 Å². The number of rotatable bonds is 4. The van der Waals surface area contributed by atoms with E-state index in [4.69, 9.17) is 0 Å². The van der Waals surface area contributed by atoms with E-state index in [1.165, 1.54) is 12.8 Å². The lowest BCUT2D eigenvalue weighted by molar-refractivity contribution is 0.0952. The summed E-state index contributed by atoms with van der Waals surface area (Å²) in [6.07, 6.45) is 7.02. The maximum atomic E-state index is 12.2. The highest BCUT2D eigenvalue weighted by atomic mass is 35.5. The minimum atomic E-state index is -0.0324. The Morgan fingerprint density at radius 3 is 3.19 bits per heavy atom. The van der Waals surface area contributed by atoms with Crippen molar-refractivity contribution in [2.75, 3.05) is 19.6 Å². The molecule has 0 aromatic carbocycles. The van der Waals surface area contributed by atoms with Crippen molar-refractivity contribution >= 4 is 23.8 Å². The molecule has 6 heteroatoms. The number of hydrogen-bond donors (Lipinski definition) is 2. The highest BCUT2D eigenvalue weighted by molar-refractivity contribution is 6.00. The summed E-state index contributed by atoms with van der Waals surface area (Å²) in [5, 5.41) is 10.6. The van der Waals surface area contributed by atoms with Crippen LogP contribution in [0.2, 0.25) is 0 Å². The van der Waals surface area contributed by atoms with Gasteiger partial charge in [0.05, 0.1) is 17.3 Å². The van der Waals surface area contributed by atoms with Gasteiger partial charge in [0.2, 0.25) is 0 Å². The minimum Gasteiger partial charge on any atom is -0.352 e. The van der Waals surface area contributed by atoms with Crippen molar-refractivity contribution in [3.63, 3.8) is 0 Å². The smallest absolute Gasteiger partial charge is 0.255 e. The molecule has 1 amide bonds. The second-order valence-corrected chi connectivity index (χ2v) is 5.35. The second-order valence-electron chi connectivity index (χ2n) is 5.35. The van der Waals surface area contributed by atoms with Crippen LogP contribution in [-0.4, -0.2) is 35.2 Å². The van der Waals surface area contributed by atoms with E-state index in [-0.39, 0.29) is 18.3 Å². The zero-order valence-corrected chi connectivity index (χ0v) is 12.7. The molecular formula is C15H21ClN4O. The van der Waals surface area contributed by atoms with Crippen molar-refractivity contribution in [1.29, 1.82) is 0 Å². The van der Waals surface area contributed by atoms with E-state index in [1.54, 1.807) is 10.7 Å². The van der Waals surface area contributed by atoms with Gasteiger partial charge in [0.25, 0.3) is 5.91 Å². The molecule has 114 valence electrons. The van der Waals surface area contributed by atoms with E-state index < -0.39 is 0 Å². The van der Waals surface area contributed by atoms with Gasteiger partial charge in [0.1, 0.15) is 0 Å². The third kappa shape index (κ3) is 3.74. The minimum absolute atomic E-state index is 0. The van der Waals surface area contributed by atoms with Gasteiger partial charge in [0, 0.05) is 12.7 Å². The summed E-state index contributed by atoms with van der Waals surface area (Å²) in [5.74, 6) is 0.655. The molecule has 1 aliphatic rings. The van der Waals surface area contributed by atoms with Gasteiger partial charge in [-0.05, 0) is 50.4 Å². The highest BCUT2D eigenvalue weighted by Gasteiger charge is 2.15. The maximum Gasteiger partial charge on any atom is 0.255 e. The fourth-order valence-corrected chi connectivity index (χ4v) is 2.76. The van der Waals surface area contributed by atoms with Crippen LogP contribution in [-0.2, 0) is 0 Å². The summed E-state index contributed by atoms with van der Waals surface area (Å²) in [7, 11) is 0. The number of nitrogens with zero attached hydrogens (tertiary/aromatic N) is 2. The van der Waals surface area contributed by atoms with Crippen LogP contribution < -0.4 is 10.6 Å². The third-order valence-electron chi connectivity index (χ3n) is 3.91. The first-order valence-electron chi connectivity index (χ1n) is 7.26. The number of carbonyl (C=O) groups is 1. The van der Waals surface area contributed by atoms with Gasteiger partial charge >= 0.3 is 0 Å². The molecule has 0 saturated carbocycles. The van der Waals surface area contributed by atoms with Crippen LogP contribution in [0, 0.1) is 5.92 Å². The molecule has 1 saturated heterocycles. The fourth-order valence-electron chi connectivity index (χ4n) is 2.76. The van der Waals surface area contributed by atoms with Gasteiger partial charge in [-0.25, -0.2) is 4.52 Å². The average molecular weight is 309 g/mol. The quantitative estimate of drug-likeness (QED) is 0.906. The van der Waals surface area contributed by atoms with Crippen molar-refractivity contribution < 1.29 is 4.79 Å². The molecule has 3 rings (SSSR count). The molecule has 2 aromatic heterocycles. The predicted octanol–water partition coefficient (Wildman–Crippen LogP) is 1.88. The summed E-state index contributed by atoms with van der Waals surface area (Å²) < 4.78 is 1.72. The SMILES string of the molecule is Cl.O=C(NCCC1CCCNC1)c1cnn2ccccc12. The van der Waals surface area contributed by atoms with Gasteiger partial charge in [-0.3, -0.25) is 4.79 Å². The lowest BCUT2D eigenvalue weighted by atomic mass is 9.96. The second kappa shape index (κ2) is 7.43. The van der Waals surface area contributed by atoms with Crippen LogP contribution in [0.4, 0.5) is 0 Å². The van der Waals surface area contributed by atoms with Crippen LogP contribution in [0.25, 0.3) is 5.52 Å². The molecule has 2 aromatic rings. The van der Waals surface area contributed by atoms with E-state index in [1.807, 2.05) is 24.4 Å². The molecule has 1 aliphatic heterocycles. The zero-order valence-electron chi connectivity index (χ0n) is 11.9. The highest BCUT2D eigenvalue weighted by Crippen LogP contribution is 2.13. The van der Waals surface area contributed by atoms with Crippen LogP contribution in [0.3, 0.4) is 0 Å². The zero-order chi connectivity index (χ0) is 13.8. The molecule has 1 fully saturated rings. The Morgan fingerprint density at radius 1 is 1.48 bits per heavy atom. The maximum absolute atomic E-state index is 12.2. The Labute approximate surface area is 130 Å². The Morgan fingerprint density at radius 2 is 2.38 bits per heavy atom. The summed E-state index contributed by atoms with van der Waals surface area (Å²) >= 11 is 0. The number of fused-ring (bicyclic) bond motifs is 1. The van der Waals surface area contributed by atoms with Crippen LogP contribution in [0.15, 0.2) is 30.6 Å². The van der Waals surface area contributed by atoms with Crippen molar-refractivity contribution in [3.05, 3.63) is 36.2 Å². The van der Waals surface area contributed by atoms with Crippen molar-refractivity contribution in [3.8, 4) is 0 Å². The molecule has 1 unspecified atom stereocenters. The van der Waals surface area contributed by atoms with Crippen molar-refractivity contribution in [2.24, 2.45) is 5.92 Å². The summed E-state index contributed by atoms with van der Waals surface area (Å²) in [6, 6.07) is 5.73. The standard InChI is InChI=1S/C15H20N4O.ClH/c20-15(17-8-6-12-4-3-7-16-10-12)13-11-18-19-9-2-1-5-14(13)19;/h1-2,5,9,11-12,16H,3-4,6-8,10H2,(H,17,20);1H. The average Bonchev–Trinajstić information content (AvgIpc) is 2.92. The molecule has 5 nitrogen and oxygen atoms in total. The predicted molar refractivity (Wildman–Crippen MR) is 85.0 cm³/mol. The first-order chi connectivity index (χ1) is 9.84.